The molecule has 0 bridgehead atoms. The molecule has 0 aliphatic heterocycles. The van der Waals surface area contributed by atoms with Gasteiger partial charge in [-0.1, -0.05) is 0 Å². The largest absolute Gasteiger partial charge is 0.319 e. The van der Waals surface area contributed by atoms with E-state index in [1.807, 2.05) is 14.0 Å². The van der Waals surface area contributed by atoms with E-state index in [9.17, 15) is 4.79 Å². The average Bonchev–Trinajstić information content (AvgIpc) is 2.15. The highest BCUT2D eigenvalue weighted by atomic mass is 16.1. The second kappa shape index (κ2) is 4.67. The normalized spacial score (nSPS) is 10.0. The Bertz CT molecular complexity index is 299. The molecule has 0 atom stereocenters. The van der Waals surface area contributed by atoms with E-state index in [-0.39, 0.29) is 0 Å². The van der Waals surface area contributed by atoms with Crippen LogP contribution in [0.2, 0.25) is 0 Å². The molecule has 0 radical (unpaired) electrons. The quantitative estimate of drug-likeness (QED) is 0.678. The first-order chi connectivity index (χ1) is 6.27. The van der Waals surface area contributed by atoms with Crippen LogP contribution >= 0.6 is 0 Å². The zero-order chi connectivity index (χ0) is 9.68. The third-order valence-corrected chi connectivity index (χ3v) is 1.76. The van der Waals surface area contributed by atoms with Crippen LogP contribution in [-0.2, 0) is 6.42 Å². The van der Waals surface area contributed by atoms with Crippen molar-refractivity contribution < 1.29 is 4.79 Å². The minimum Gasteiger partial charge on any atom is -0.319 e. The first-order valence-corrected chi connectivity index (χ1v) is 4.20. The van der Waals surface area contributed by atoms with E-state index in [2.05, 4.69) is 15.3 Å². The standard InChI is InChI=1S/C9H13N3O/c1-7-11-5-8(6-13)9(12-7)3-4-10-2/h5-6,10H,3-4H2,1-2H3. The number of hydrogen-bond donors (Lipinski definition) is 1. The maximum absolute atomic E-state index is 10.6. The Morgan fingerprint density at radius 3 is 3.00 bits per heavy atom. The number of aldehydes is 1. The van der Waals surface area contributed by atoms with Gasteiger partial charge in [0.25, 0.3) is 0 Å². The topological polar surface area (TPSA) is 54.9 Å². The molecule has 70 valence electrons. The molecule has 13 heavy (non-hydrogen) atoms. The lowest BCUT2D eigenvalue weighted by atomic mass is 10.2. The number of aryl methyl sites for hydroxylation is 1. The van der Waals surface area contributed by atoms with Crippen LogP contribution in [0.3, 0.4) is 0 Å². The van der Waals surface area contributed by atoms with Crippen molar-refractivity contribution in [3.8, 4) is 0 Å². The van der Waals surface area contributed by atoms with Crippen LogP contribution in [0.1, 0.15) is 21.9 Å². The smallest absolute Gasteiger partial charge is 0.153 e. The van der Waals surface area contributed by atoms with Crippen LogP contribution in [0.4, 0.5) is 0 Å². The fourth-order valence-corrected chi connectivity index (χ4v) is 1.07. The fraction of sp³-hybridized carbons (Fsp3) is 0.444. The van der Waals surface area contributed by atoms with E-state index >= 15 is 0 Å². The molecule has 1 N–H and O–H groups in total. The van der Waals surface area contributed by atoms with Crippen LogP contribution in [0.25, 0.3) is 0 Å². The van der Waals surface area contributed by atoms with Gasteiger partial charge in [0.15, 0.2) is 6.29 Å². The Balaban J connectivity index is 2.87. The first-order valence-electron chi connectivity index (χ1n) is 4.20. The molecule has 4 nitrogen and oxygen atoms in total. The van der Waals surface area contributed by atoms with E-state index in [1.54, 1.807) is 6.20 Å². The summed E-state index contributed by atoms with van der Waals surface area (Å²) in [6.45, 7) is 2.63. The Morgan fingerprint density at radius 2 is 2.38 bits per heavy atom. The number of nitrogens with one attached hydrogen (secondary N) is 1. The van der Waals surface area contributed by atoms with E-state index in [0.29, 0.717) is 11.4 Å². The number of likely N-dealkylation sites (N-methyl/N-ethyl adjacent to an activating group) is 1. The van der Waals surface area contributed by atoms with Gasteiger partial charge in [0, 0.05) is 19.2 Å². The van der Waals surface area contributed by atoms with Crippen LogP contribution < -0.4 is 5.32 Å². The highest BCUT2D eigenvalue weighted by molar-refractivity contribution is 5.75. The highest BCUT2D eigenvalue weighted by Gasteiger charge is 2.03. The van der Waals surface area contributed by atoms with Gasteiger partial charge >= 0.3 is 0 Å². The van der Waals surface area contributed by atoms with E-state index in [1.165, 1.54) is 0 Å². The monoisotopic (exact) mass is 179 g/mol. The molecule has 4 heteroatoms. The molecule has 1 aromatic rings. The minimum absolute atomic E-state index is 0.584. The second-order valence-electron chi connectivity index (χ2n) is 2.79. The predicted molar refractivity (Wildman–Crippen MR) is 49.8 cm³/mol. The molecule has 0 amide bonds. The first kappa shape index (κ1) is 9.80. The molecule has 0 aliphatic carbocycles. The summed E-state index contributed by atoms with van der Waals surface area (Å²) in [6, 6.07) is 0. The summed E-state index contributed by atoms with van der Waals surface area (Å²) >= 11 is 0. The molecular weight excluding hydrogens is 166 g/mol. The van der Waals surface area contributed by atoms with Gasteiger partial charge in [-0.05, 0) is 14.0 Å². The summed E-state index contributed by atoms with van der Waals surface area (Å²) < 4.78 is 0. The molecule has 0 aliphatic rings. The molecule has 1 rings (SSSR count). The number of carbonyl (C=O) groups is 1. The van der Waals surface area contributed by atoms with Crippen molar-refractivity contribution in [3.05, 3.63) is 23.3 Å². The SMILES string of the molecule is CNCCc1nc(C)ncc1C=O. The van der Waals surface area contributed by atoms with Crippen molar-refractivity contribution >= 4 is 6.29 Å². The summed E-state index contributed by atoms with van der Waals surface area (Å²) in [5, 5.41) is 3.01. The Kier molecular flexibility index (Phi) is 3.52. The molecule has 0 unspecified atom stereocenters. The number of nitrogens with zero attached hydrogens (tertiary/aromatic N) is 2. The van der Waals surface area contributed by atoms with Crippen molar-refractivity contribution in [3.63, 3.8) is 0 Å². The highest BCUT2D eigenvalue weighted by Crippen LogP contribution is 2.02. The van der Waals surface area contributed by atoms with Crippen LogP contribution in [0.5, 0.6) is 0 Å². The van der Waals surface area contributed by atoms with Gasteiger partial charge in [-0.15, -0.1) is 0 Å². The molecule has 0 spiro atoms. The predicted octanol–water partition coefficient (Wildman–Crippen LogP) is 0.359. The Labute approximate surface area is 77.4 Å². The summed E-state index contributed by atoms with van der Waals surface area (Å²) in [7, 11) is 1.87. The van der Waals surface area contributed by atoms with Crippen molar-refractivity contribution in [2.24, 2.45) is 0 Å². The molecule has 0 saturated heterocycles. The number of hydrogen-bond acceptors (Lipinski definition) is 4. The molecule has 0 fully saturated rings. The lowest BCUT2D eigenvalue weighted by molar-refractivity contribution is 0.112. The Hall–Kier alpha value is -1.29. The fourth-order valence-electron chi connectivity index (χ4n) is 1.07. The minimum atomic E-state index is 0.584. The number of aromatic nitrogens is 2. The number of carbonyl (C=O) groups excluding carboxylic acids is 1. The van der Waals surface area contributed by atoms with Gasteiger partial charge in [-0.25, -0.2) is 9.97 Å². The summed E-state index contributed by atoms with van der Waals surface area (Å²) in [5.41, 5.74) is 1.40. The third kappa shape index (κ3) is 2.59. The van der Waals surface area contributed by atoms with Gasteiger partial charge in [0.2, 0.25) is 0 Å². The second-order valence-corrected chi connectivity index (χ2v) is 2.79. The maximum Gasteiger partial charge on any atom is 0.153 e. The number of rotatable bonds is 4. The van der Waals surface area contributed by atoms with Crippen molar-refractivity contribution in [2.75, 3.05) is 13.6 Å². The van der Waals surface area contributed by atoms with Gasteiger partial charge in [0.05, 0.1) is 11.3 Å². The van der Waals surface area contributed by atoms with Crippen molar-refractivity contribution in [2.45, 2.75) is 13.3 Å². The van der Waals surface area contributed by atoms with Crippen molar-refractivity contribution in [1.29, 1.82) is 0 Å². The zero-order valence-electron chi connectivity index (χ0n) is 7.87. The molecular formula is C9H13N3O. The molecule has 1 aromatic heterocycles. The zero-order valence-corrected chi connectivity index (χ0v) is 7.87. The van der Waals surface area contributed by atoms with Gasteiger partial charge in [0.1, 0.15) is 5.82 Å². The third-order valence-electron chi connectivity index (χ3n) is 1.76. The van der Waals surface area contributed by atoms with Gasteiger partial charge in [-0.3, -0.25) is 4.79 Å². The van der Waals surface area contributed by atoms with Gasteiger partial charge in [-0.2, -0.15) is 0 Å². The van der Waals surface area contributed by atoms with Gasteiger partial charge < -0.3 is 5.32 Å². The summed E-state index contributed by atoms with van der Waals surface area (Å²) in [4.78, 5) is 18.8. The summed E-state index contributed by atoms with van der Waals surface area (Å²) in [5.74, 6) is 0.705. The lowest BCUT2D eigenvalue weighted by Gasteiger charge is -2.03. The van der Waals surface area contributed by atoms with Crippen LogP contribution in [0.15, 0.2) is 6.20 Å². The van der Waals surface area contributed by atoms with Crippen LogP contribution in [-0.4, -0.2) is 29.8 Å². The average molecular weight is 179 g/mol. The maximum atomic E-state index is 10.6. The van der Waals surface area contributed by atoms with E-state index in [4.69, 9.17) is 0 Å². The summed E-state index contributed by atoms with van der Waals surface area (Å²) in [6.07, 6.45) is 3.12. The Morgan fingerprint density at radius 1 is 1.62 bits per heavy atom. The van der Waals surface area contributed by atoms with E-state index in [0.717, 1.165) is 24.9 Å². The molecule has 0 aromatic carbocycles. The van der Waals surface area contributed by atoms with Crippen molar-refractivity contribution in [1.82, 2.24) is 15.3 Å². The molecule has 1 heterocycles. The van der Waals surface area contributed by atoms with Crippen LogP contribution in [0, 0.1) is 6.92 Å². The lowest BCUT2D eigenvalue weighted by Crippen LogP contribution is -2.13. The van der Waals surface area contributed by atoms with E-state index < -0.39 is 0 Å². The molecule has 0 saturated carbocycles.